The van der Waals surface area contributed by atoms with Gasteiger partial charge in [-0.15, -0.1) is 12.4 Å². The standard InChI is InChI=1S/C14H20ClN5O.ClH/c1-2-3-4-11-18-12(13(15)19-11)14-17-5-6-20(14)9-7-16-8-10(9)21;/h5-6,9-10,16,21H,2-4,7-8H2,1H3,(H,18,19);1H/t9-,10+;/m1./s1. The number of aromatic nitrogens is 4. The van der Waals surface area contributed by atoms with Gasteiger partial charge in [0.1, 0.15) is 16.7 Å². The van der Waals surface area contributed by atoms with Gasteiger partial charge in [0.25, 0.3) is 0 Å². The maximum absolute atomic E-state index is 10.1. The van der Waals surface area contributed by atoms with Gasteiger partial charge in [0.2, 0.25) is 0 Å². The topological polar surface area (TPSA) is 78.8 Å². The summed E-state index contributed by atoms with van der Waals surface area (Å²) in [4.78, 5) is 12.1. The molecular formula is C14H21Cl2N5O. The van der Waals surface area contributed by atoms with Crippen LogP contribution in [-0.4, -0.2) is 43.8 Å². The Hall–Kier alpha value is -1.08. The minimum absolute atomic E-state index is 0. The first-order chi connectivity index (χ1) is 10.2. The second-order valence-electron chi connectivity index (χ2n) is 5.40. The zero-order valence-corrected chi connectivity index (χ0v) is 14.0. The van der Waals surface area contributed by atoms with Crippen molar-refractivity contribution in [2.24, 2.45) is 0 Å². The van der Waals surface area contributed by atoms with E-state index in [1.54, 1.807) is 6.20 Å². The molecule has 0 aliphatic carbocycles. The van der Waals surface area contributed by atoms with Gasteiger partial charge in [-0.05, 0) is 6.42 Å². The molecule has 2 atom stereocenters. The number of hydrogen-bond acceptors (Lipinski definition) is 4. The van der Waals surface area contributed by atoms with E-state index in [2.05, 4.69) is 27.2 Å². The van der Waals surface area contributed by atoms with E-state index < -0.39 is 6.10 Å². The Kier molecular flexibility index (Phi) is 5.86. The molecule has 8 heteroatoms. The Morgan fingerprint density at radius 2 is 2.27 bits per heavy atom. The van der Waals surface area contributed by atoms with Crippen LogP contribution in [0.3, 0.4) is 0 Å². The Balaban J connectivity index is 0.00000176. The third-order valence-electron chi connectivity index (χ3n) is 3.86. The highest BCUT2D eigenvalue weighted by Crippen LogP contribution is 2.28. The minimum atomic E-state index is -0.421. The van der Waals surface area contributed by atoms with Crippen LogP contribution < -0.4 is 5.32 Å². The Labute approximate surface area is 140 Å². The highest BCUT2D eigenvalue weighted by atomic mass is 35.5. The summed E-state index contributed by atoms with van der Waals surface area (Å²) in [5, 5.41) is 13.7. The second-order valence-corrected chi connectivity index (χ2v) is 5.78. The van der Waals surface area contributed by atoms with Crippen molar-refractivity contribution in [2.45, 2.75) is 38.3 Å². The molecule has 6 nitrogen and oxygen atoms in total. The SMILES string of the molecule is CCCCc1nc(-c2nccn2[C@@H]2CNC[C@@H]2O)c(Cl)[nH]1.Cl. The predicted octanol–water partition coefficient (Wildman–Crippen LogP) is 2.20. The summed E-state index contributed by atoms with van der Waals surface area (Å²) in [7, 11) is 0. The normalized spacial score (nSPS) is 21.0. The Morgan fingerprint density at radius 3 is 2.95 bits per heavy atom. The second kappa shape index (κ2) is 7.46. The van der Waals surface area contributed by atoms with Gasteiger partial charge >= 0.3 is 0 Å². The quantitative estimate of drug-likeness (QED) is 0.776. The van der Waals surface area contributed by atoms with Crippen LogP contribution in [-0.2, 0) is 6.42 Å². The zero-order chi connectivity index (χ0) is 14.8. The third-order valence-corrected chi connectivity index (χ3v) is 4.14. The number of aliphatic hydroxyl groups excluding tert-OH is 1. The fraction of sp³-hybridized carbons (Fsp3) is 0.571. The number of rotatable bonds is 5. The number of aromatic amines is 1. The van der Waals surface area contributed by atoms with E-state index in [1.165, 1.54) is 0 Å². The van der Waals surface area contributed by atoms with Gasteiger partial charge in [0.15, 0.2) is 5.82 Å². The number of β-amino-alcohol motifs (C(OH)–C–C–N with tert-alkyl or cyclic N) is 1. The van der Waals surface area contributed by atoms with Crippen LogP contribution in [0.15, 0.2) is 12.4 Å². The van der Waals surface area contributed by atoms with Crippen LogP contribution in [0, 0.1) is 0 Å². The first-order valence-electron chi connectivity index (χ1n) is 7.37. The van der Waals surface area contributed by atoms with Crippen LogP contribution in [0.5, 0.6) is 0 Å². The van der Waals surface area contributed by atoms with Crippen molar-refractivity contribution in [3.05, 3.63) is 23.4 Å². The third kappa shape index (κ3) is 3.30. The fourth-order valence-electron chi connectivity index (χ4n) is 2.71. The minimum Gasteiger partial charge on any atom is -0.390 e. The van der Waals surface area contributed by atoms with Gasteiger partial charge < -0.3 is 20.0 Å². The van der Waals surface area contributed by atoms with Crippen molar-refractivity contribution in [2.75, 3.05) is 13.1 Å². The predicted molar refractivity (Wildman–Crippen MR) is 88.6 cm³/mol. The average Bonchev–Trinajstić information content (AvgIpc) is 3.15. The molecule has 3 N–H and O–H groups in total. The maximum atomic E-state index is 10.1. The Bertz CT molecular complexity index is 612. The molecule has 0 saturated carbocycles. The summed E-state index contributed by atoms with van der Waals surface area (Å²) in [6, 6.07) is -0.0330. The molecule has 22 heavy (non-hydrogen) atoms. The number of hydrogen-bond donors (Lipinski definition) is 3. The van der Waals surface area contributed by atoms with Crippen molar-refractivity contribution >= 4 is 24.0 Å². The summed E-state index contributed by atoms with van der Waals surface area (Å²) in [6.45, 7) is 3.46. The van der Waals surface area contributed by atoms with E-state index in [9.17, 15) is 5.11 Å². The van der Waals surface area contributed by atoms with Crippen LogP contribution >= 0.6 is 24.0 Å². The number of aryl methyl sites for hydroxylation is 1. The molecule has 3 heterocycles. The number of nitrogens with zero attached hydrogens (tertiary/aromatic N) is 3. The monoisotopic (exact) mass is 345 g/mol. The van der Waals surface area contributed by atoms with Gasteiger partial charge in [-0.2, -0.15) is 0 Å². The number of unbranched alkanes of at least 4 members (excludes halogenated alkanes) is 1. The Morgan fingerprint density at radius 1 is 1.45 bits per heavy atom. The van der Waals surface area contributed by atoms with Crippen molar-refractivity contribution in [3.63, 3.8) is 0 Å². The molecule has 0 unspecified atom stereocenters. The van der Waals surface area contributed by atoms with Gasteiger partial charge in [-0.1, -0.05) is 24.9 Å². The summed E-state index contributed by atoms with van der Waals surface area (Å²) in [5.41, 5.74) is 0.659. The molecule has 0 bridgehead atoms. The van der Waals surface area contributed by atoms with Gasteiger partial charge in [-0.3, -0.25) is 0 Å². The van der Waals surface area contributed by atoms with Crippen LogP contribution in [0.2, 0.25) is 5.15 Å². The highest BCUT2D eigenvalue weighted by molar-refractivity contribution is 6.31. The van der Waals surface area contributed by atoms with E-state index in [4.69, 9.17) is 11.6 Å². The van der Waals surface area contributed by atoms with Crippen molar-refractivity contribution in [1.82, 2.24) is 24.8 Å². The molecule has 0 aromatic carbocycles. The molecule has 1 saturated heterocycles. The summed E-state index contributed by atoms with van der Waals surface area (Å²) < 4.78 is 1.95. The lowest BCUT2D eigenvalue weighted by molar-refractivity contribution is 0.151. The van der Waals surface area contributed by atoms with E-state index in [1.807, 2.05) is 10.8 Å². The zero-order valence-electron chi connectivity index (χ0n) is 12.4. The lowest BCUT2D eigenvalue weighted by Crippen LogP contribution is -2.22. The lowest BCUT2D eigenvalue weighted by Gasteiger charge is -2.17. The molecule has 122 valence electrons. The van der Waals surface area contributed by atoms with E-state index in [0.717, 1.165) is 31.6 Å². The molecule has 0 spiro atoms. The molecule has 1 aliphatic rings. The van der Waals surface area contributed by atoms with Crippen LogP contribution in [0.1, 0.15) is 31.6 Å². The van der Waals surface area contributed by atoms with Gasteiger partial charge in [-0.25, -0.2) is 9.97 Å². The average molecular weight is 346 g/mol. The number of H-pyrrole nitrogens is 1. The number of imidazole rings is 2. The summed E-state index contributed by atoms with van der Waals surface area (Å²) in [6.07, 6.45) is 6.23. The largest absolute Gasteiger partial charge is 0.390 e. The summed E-state index contributed by atoms with van der Waals surface area (Å²) >= 11 is 6.28. The van der Waals surface area contributed by atoms with Crippen molar-refractivity contribution < 1.29 is 5.11 Å². The molecule has 2 aromatic heterocycles. The van der Waals surface area contributed by atoms with E-state index in [-0.39, 0.29) is 18.4 Å². The summed E-state index contributed by atoms with van der Waals surface area (Å²) in [5.74, 6) is 1.59. The first kappa shape index (κ1) is 17.3. The van der Waals surface area contributed by atoms with Crippen LogP contribution in [0.25, 0.3) is 11.5 Å². The highest BCUT2D eigenvalue weighted by Gasteiger charge is 2.29. The fourth-order valence-corrected chi connectivity index (χ4v) is 2.94. The molecule has 1 aliphatic heterocycles. The number of aliphatic hydroxyl groups is 1. The van der Waals surface area contributed by atoms with Crippen LogP contribution in [0.4, 0.5) is 0 Å². The molecule has 0 radical (unpaired) electrons. The van der Waals surface area contributed by atoms with Gasteiger partial charge in [0, 0.05) is 31.9 Å². The molecular weight excluding hydrogens is 325 g/mol. The first-order valence-corrected chi connectivity index (χ1v) is 7.75. The maximum Gasteiger partial charge on any atom is 0.162 e. The molecule has 1 fully saturated rings. The number of halogens is 2. The van der Waals surface area contributed by atoms with E-state index in [0.29, 0.717) is 23.2 Å². The van der Waals surface area contributed by atoms with Crippen molar-refractivity contribution in [1.29, 1.82) is 0 Å². The number of nitrogens with one attached hydrogen (secondary N) is 2. The molecule has 2 aromatic rings. The molecule has 3 rings (SSSR count). The van der Waals surface area contributed by atoms with Gasteiger partial charge in [0.05, 0.1) is 12.1 Å². The smallest absolute Gasteiger partial charge is 0.162 e. The molecule has 0 amide bonds. The van der Waals surface area contributed by atoms with E-state index >= 15 is 0 Å². The van der Waals surface area contributed by atoms with Crippen molar-refractivity contribution in [3.8, 4) is 11.5 Å². The lowest BCUT2D eigenvalue weighted by atomic mass is 10.2.